The molecule has 12 heteroatoms. The number of hydrogen-bond donors (Lipinski definition) is 0. The molecule has 0 spiro atoms. The Bertz CT molecular complexity index is 3670. The topological polar surface area (TPSA) is 83.1 Å². The van der Waals surface area contributed by atoms with Gasteiger partial charge in [-0.3, -0.25) is 13.6 Å². The molecule has 130 heavy (non-hydrogen) atoms. The third kappa shape index (κ3) is 47.4. The predicted octanol–water partition coefficient (Wildman–Crippen LogP) is 40.6. The van der Waals surface area contributed by atoms with Crippen LogP contribution >= 0.6 is 25.8 Å². The Kier molecular flexibility index (Phi) is 59.2. The van der Waals surface area contributed by atoms with E-state index in [0.717, 1.165) is 127 Å². The van der Waals surface area contributed by atoms with Crippen LogP contribution in [0, 0.1) is 20.8 Å². The number of unbranched alkanes of at least 4 members (excludes halogenated alkanes) is 45. The summed E-state index contributed by atoms with van der Waals surface area (Å²) in [7, 11) is -5.51. The van der Waals surface area contributed by atoms with Crippen LogP contribution in [0.15, 0.2) is 109 Å². The molecule has 0 saturated heterocycles. The van der Waals surface area contributed by atoms with Crippen LogP contribution in [-0.2, 0) is 49.1 Å². The van der Waals surface area contributed by atoms with Crippen molar-refractivity contribution in [3.05, 3.63) is 176 Å². The molecule has 0 bridgehead atoms. The summed E-state index contributed by atoms with van der Waals surface area (Å²) < 4.78 is 63.5. The van der Waals surface area contributed by atoms with Crippen molar-refractivity contribution in [1.82, 2.24) is 0 Å². The minimum atomic E-state index is -1.85. The molecule has 6 aromatic rings. The van der Waals surface area contributed by atoms with E-state index in [2.05, 4.69) is 241 Å². The van der Waals surface area contributed by atoms with Crippen molar-refractivity contribution in [2.45, 2.75) is 513 Å². The molecule has 0 radical (unpaired) electrons. The second-order valence-corrected chi connectivity index (χ2v) is 45.1. The van der Waals surface area contributed by atoms with E-state index in [1.165, 1.54) is 328 Å². The van der Waals surface area contributed by atoms with Crippen molar-refractivity contribution in [2.24, 2.45) is 0 Å². The summed E-state index contributed by atoms with van der Waals surface area (Å²) in [6, 6.07) is 40.7. The molecule has 9 nitrogen and oxygen atoms in total. The minimum Gasteiger partial charge on any atom is -0.418 e. The molecular formula is C118H193O9P3. The van der Waals surface area contributed by atoms with Crippen LogP contribution < -0.4 is 27.1 Å². The first-order chi connectivity index (χ1) is 62.9. The quantitative estimate of drug-likeness (QED) is 0.0274. The first kappa shape index (κ1) is 114. The summed E-state index contributed by atoms with van der Waals surface area (Å²) in [6.45, 7) is 45.8. The lowest BCUT2D eigenvalue weighted by Crippen LogP contribution is -2.19. The summed E-state index contributed by atoms with van der Waals surface area (Å²) in [4.78, 5) is 0. The first-order valence-corrected chi connectivity index (χ1v) is 57.3. The van der Waals surface area contributed by atoms with Gasteiger partial charge in [-0.1, -0.05) is 454 Å². The molecule has 0 aliphatic heterocycles. The Morgan fingerprint density at radius 2 is 0.438 bits per heavy atom. The first-order valence-electron chi connectivity index (χ1n) is 54.0. The fourth-order valence-corrected chi connectivity index (χ4v) is 21.3. The summed E-state index contributed by atoms with van der Waals surface area (Å²) in [6.07, 6.45) is 69.1. The number of benzene rings is 6. The van der Waals surface area contributed by atoms with Gasteiger partial charge in [-0.15, -0.1) is 0 Å². The lowest BCUT2D eigenvalue weighted by Gasteiger charge is -2.33. The van der Waals surface area contributed by atoms with Crippen molar-refractivity contribution in [3.8, 4) is 34.5 Å². The predicted molar refractivity (Wildman–Crippen MR) is 567 cm³/mol. The van der Waals surface area contributed by atoms with Crippen molar-refractivity contribution in [3.63, 3.8) is 0 Å². The van der Waals surface area contributed by atoms with Gasteiger partial charge in [0, 0.05) is 22.6 Å². The van der Waals surface area contributed by atoms with Crippen LogP contribution in [0.2, 0.25) is 0 Å². The standard InChI is InChI=1S/C118H193O9P3/c1-20-26-32-38-44-47-50-53-56-62-68-86-119-128(122-103-80-74-100(75-81-103)71-65-59-41-35-29-23-4)125-113-90-97(8)106(93-110(113)116(11,12)13)96(7)89-109(107-94-111(117(14,15)16)114(91-98(107)9)126-129(120-87-69-63-57-54-51-48-45-39-33-27-21-2)123-104-82-76-101(77-83-104)72-66-60-42-36-30-24-5)108-95-112(118(17,18)19)115(92-99(108)10)127-130(121-88-70-64-58-55-52-49-46-40-34-28-22-3)124-105-84-78-102(79-85-105)73-67-61-43-37-31-25-6/h74-85,90-96,109H,20-73,86-89H2,1-19H3. The molecule has 0 aromatic heterocycles. The molecule has 0 saturated carbocycles. The molecule has 4 unspecified atom stereocenters. The Morgan fingerprint density at radius 1 is 0.238 bits per heavy atom. The minimum absolute atomic E-state index is 0.0778. The van der Waals surface area contributed by atoms with E-state index in [4.69, 9.17) is 40.7 Å². The lowest BCUT2D eigenvalue weighted by atomic mass is 9.74. The maximum atomic E-state index is 7.36. The van der Waals surface area contributed by atoms with Crippen LogP contribution in [0.4, 0.5) is 0 Å². The van der Waals surface area contributed by atoms with Crippen molar-refractivity contribution in [1.29, 1.82) is 0 Å². The smallest absolute Gasteiger partial charge is 0.418 e. The van der Waals surface area contributed by atoms with Gasteiger partial charge in [0.1, 0.15) is 34.5 Å². The van der Waals surface area contributed by atoms with E-state index in [0.29, 0.717) is 19.8 Å². The van der Waals surface area contributed by atoms with Gasteiger partial charge in [-0.25, -0.2) is 0 Å². The molecule has 0 aliphatic carbocycles. The van der Waals surface area contributed by atoms with Gasteiger partial charge in [0.05, 0.1) is 19.8 Å². The van der Waals surface area contributed by atoms with E-state index >= 15 is 0 Å². The van der Waals surface area contributed by atoms with Gasteiger partial charge in [-0.2, -0.15) is 0 Å². The molecule has 0 heterocycles. The maximum Gasteiger partial charge on any atom is 0.463 e. The zero-order valence-corrected chi connectivity index (χ0v) is 89.8. The second kappa shape index (κ2) is 67.5. The maximum absolute atomic E-state index is 7.36. The van der Waals surface area contributed by atoms with Crippen molar-refractivity contribution in [2.75, 3.05) is 19.8 Å². The van der Waals surface area contributed by atoms with E-state index in [1.54, 1.807) is 0 Å². The highest BCUT2D eigenvalue weighted by atomic mass is 31.2. The molecule has 6 rings (SSSR count). The zero-order valence-electron chi connectivity index (χ0n) is 87.1. The van der Waals surface area contributed by atoms with Gasteiger partial charge in [-0.05, 0) is 212 Å². The van der Waals surface area contributed by atoms with E-state index < -0.39 is 25.8 Å². The van der Waals surface area contributed by atoms with Crippen LogP contribution in [0.25, 0.3) is 0 Å². The number of rotatable bonds is 77. The highest BCUT2D eigenvalue weighted by Crippen LogP contribution is 2.53. The van der Waals surface area contributed by atoms with Gasteiger partial charge in [0.25, 0.3) is 0 Å². The Labute approximate surface area is 804 Å². The van der Waals surface area contributed by atoms with E-state index in [1.807, 2.05) is 0 Å². The van der Waals surface area contributed by atoms with Gasteiger partial charge >= 0.3 is 25.8 Å². The van der Waals surface area contributed by atoms with Crippen LogP contribution in [0.1, 0.15) is 523 Å². The lowest BCUT2D eigenvalue weighted by molar-refractivity contribution is 0.256. The molecule has 6 aromatic carbocycles. The van der Waals surface area contributed by atoms with Gasteiger partial charge < -0.3 is 27.1 Å². The third-order valence-electron chi connectivity index (χ3n) is 26.5. The van der Waals surface area contributed by atoms with Crippen molar-refractivity contribution >= 4 is 25.8 Å². The normalized spacial score (nSPS) is 13.2. The average molecular weight is 1850 g/mol. The van der Waals surface area contributed by atoms with Crippen molar-refractivity contribution < 1.29 is 40.7 Å². The van der Waals surface area contributed by atoms with Crippen LogP contribution in [-0.4, -0.2) is 19.8 Å². The largest absolute Gasteiger partial charge is 0.463 e. The van der Waals surface area contributed by atoms with E-state index in [-0.39, 0.29) is 28.1 Å². The molecule has 0 amide bonds. The highest BCUT2D eigenvalue weighted by molar-refractivity contribution is 7.43. The van der Waals surface area contributed by atoms with Crippen LogP contribution in [0.5, 0.6) is 34.5 Å². The van der Waals surface area contributed by atoms with Gasteiger partial charge in [0.15, 0.2) is 0 Å². The van der Waals surface area contributed by atoms with Crippen LogP contribution in [0.3, 0.4) is 0 Å². The Balaban J connectivity index is 1.44. The number of aryl methyl sites for hydroxylation is 6. The SMILES string of the molecule is CCCCCCCCCCCCCOP(Oc1ccc(CCCCCCCC)cc1)Oc1cc(C)c(C(C)CC(c2cc(C(C)(C)C)c(OP(OCCCCCCCCCCCCC)Oc3ccc(CCCCCCCC)cc3)cc2C)c2cc(C(C)(C)C)c(OP(OCCCCCCCCCCCCC)Oc3ccc(CCCCCCCC)cc3)cc2C)cc1C(C)(C)C. The summed E-state index contributed by atoms with van der Waals surface area (Å²) in [5.74, 6) is 4.78. The summed E-state index contributed by atoms with van der Waals surface area (Å²) in [5, 5.41) is 0. The summed E-state index contributed by atoms with van der Waals surface area (Å²) in [5.41, 5.74) is 13.8. The fourth-order valence-electron chi connectivity index (χ4n) is 18.2. The zero-order chi connectivity index (χ0) is 93.9. The third-order valence-corrected chi connectivity index (χ3v) is 29.8. The number of hydrogen-bond acceptors (Lipinski definition) is 9. The monoisotopic (exact) mass is 1850 g/mol. The average Bonchev–Trinajstić information content (AvgIpc) is 0.758. The fraction of sp³-hybridized carbons (Fsp3) is 0.695. The Morgan fingerprint density at radius 3 is 0.662 bits per heavy atom. The molecule has 734 valence electrons. The molecule has 0 N–H and O–H groups in total. The molecule has 0 aliphatic rings. The van der Waals surface area contributed by atoms with Gasteiger partial charge in [0.2, 0.25) is 0 Å². The molecular weight excluding hydrogens is 1650 g/mol. The highest BCUT2D eigenvalue weighted by Gasteiger charge is 2.35. The second-order valence-electron chi connectivity index (χ2n) is 41.9. The molecule has 4 atom stereocenters. The molecule has 0 fully saturated rings. The Hall–Kier alpha value is -4.71. The van der Waals surface area contributed by atoms with E-state index in [9.17, 15) is 0 Å². The summed E-state index contributed by atoms with van der Waals surface area (Å²) >= 11 is 0.